The van der Waals surface area contributed by atoms with Crippen LogP contribution in [0.25, 0.3) is 0 Å². The van der Waals surface area contributed by atoms with Crippen LogP contribution in [0.15, 0.2) is 29.2 Å². The average Bonchev–Trinajstić information content (AvgIpc) is 3.19. The fourth-order valence-corrected chi connectivity index (χ4v) is 8.75. The molecular weight excluding hydrogens is 518 g/mol. The molecule has 2 aromatic rings. The highest BCUT2D eigenvalue weighted by Gasteiger charge is 2.54. The summed E-state index contributed by atoms with van der Waals surface area (Å²) in [6.07, 6.45) is 7.01. The minimum atomic E-state index is -3.81. The number of terminal acetylenes is 1. The highest BCUT2D eigenvalue weighted by Crippen LogP contribution is 2.57. The van der Waals surface area contributed by atoms with Crippen molar-refractivity contribution in [2.75, 3.05) is 18.3 Å². The Bertz CT molecular complexity index is 1290. The third-order valence-corrected chi connectivity index (χ3v) is 10.7. The van der Waals surface area contributed by atoms with Gasteiger partial charge in [0.1, 0.15) is 0 Å². The molecule has 6 atom stereocenters. The van der Waals surface area contributed by atoms with Gasteiger partial charge < -0.3 is 10.0 Å². The summed E-state index contributed by atoms with van der Waals surface area (Å²) in [7, 11) is -2.12. The predicted molar refractivity (Wildman–Crippen MR) is 142 cm³/mol. The van der Waals surface area contributed by atoms with Gasteiger partial charge in [-0.2, -0.15) is 0 Å². The van der Waals surface area contributed by atoms with Crippen LogP contribution in [-0.4, -0.2) is 49.0 Å². The molecule has 0 saturated heterocycles. The average molecular weight is 550 g/mol. The number of aromatic nitrogens is 1. The van der Waals surface area contributed by atoms with Crippen LogP contribution in [0.2, 0.25) is 5.02 Å². The molecule has 1 aromatic carbocycles. The SMILES string of the molecule is C#CCN(C)C(=O)[C@@H](C)[C@@H]1CC[C@@]2(C)Cc3sc(NS(=O)(=O)c4ccc(Cl)cc4)nc3[C@@H](C)[C@@H]2[C@H]1O. The van der Waals surface area contributed by atoms with Crippen LogP contribution in [0, 0.1) is 35.5 Å². The molecule has 0 radical (unpaired) electrons. The van der Waals surface area contributed by atoms with Gasteiger partial charge in [-0.1, -0.05) is 38.3 Å². The molecule has 1 heterocycles. The molecule has 10 heteroatoms. The van der Waals surface area contributed by atoms with E-state index in [1.54, 1.807) is 7.05 Å². The lowest BCUT2D eigenvalue weighted by atomic mass is 9.53. The van der Waals surface area contributed by atoms with Crippen molar-refractivity contribution >= 4 is 44.0 Å². The zero-order valence-corrected chi connectivity index (χ0v) is 23.3. The van der Waals surface area contributed by atoms with Crippen molar-refractivity contribution in [1.82, 2.24) is 9.88 Å². The van der Waals surface area contributed by atoms with Crippen molar-refractivity contribution in [2.45, 2.75) is 57.0 Å². The van der Waals surface area contributed by atoms with Crippen LogP contribution in [0.1, 0.15) is 50.1 Å². The Balaban J connectivity index is 1.58. The Hall–Kier alpha value is -2.12. The molecule has 1 aromatic heterocycles. The summed E-state index contributed by atoms with van der Waals surface area (Å²) in [5.41, 5.74) is 0.647. The number of carbonyl (C=O) groups is 1. The summed E-state index contributed by atoms with van der Waals surface area (Å²) in [6, 6.07) is 5.97. The quantitative estimate of drug-likeness (QED) is 0.521. The molecule has 0 unspecified atom stereocenters. The van der Waals surface area contributed by atoms with Crippen LogP contribution in [0.4, 0.5) is 5.13 Å². The van der Waals surface area contributed by atoms with Gasteiger partial charge in [0.05, 0.1) is 23.2 Å². The van der Waals surface area contributed by atoms with Crippen LogP contribution < -0.4 is 4.72 Å². The van der Waals surface area contributed by atoms with E-state index in [-0.39, 0.29) is 46.4 Å². The van der Waals surface area contributed by atoms with Crippen LogP contribution in [0.5, 0.6) is 0 Å². The minimum absolute atomic E-state index is 0.0581. The van der Waals surface area contributed by atoms with Crippen molar-refractivity contribution in [3.63, 3.8) is 0 Å². The molecule has 1 amide bonds. The Kier molecular flexibility index (Phi) is 7.46. The smallest absolute Gasteiger partial charge is 0.263 e. The van der Waals surface area contributed by atoms with Gasteiger partial charge in [-0.25, -0.2) is 13.4 Å². The number of nitrogens with zero attached hydrogens (tertiary/aromatic N) is 2. The first-order chi connectivity index (χ1) is 16.9. The van der Waals surface area contributed by atoms with E-state index >= 15 is 0 Å². The molecule has 36 heavy (non-hydrogen) atoms. The van der Waals surface area contributed by atoms with Gasteiger partial charge in [0.2, 0.25) is 5.91 Å². The summed E-state index contributed by atoms with van der Waals surface area (Å²) in [5.74, 6) is 1.72. The van der Waals surface area contributed by atoms with E-state index in [4.69, 9.17) is 18.0 Å². The predicted octanol–water partition coefficient (Wildman–Crippen LogP) is 4.38. The first kappa shape index (κ1) is 26.9. The van der Waals surface area contributed by atoms with Crippen LogP contribution in [-0.2, 0) is 21.2 Å². The molecule has 0 bridgehead atoms. The van der Waals surface area contributed by atoms with E-state index in [2.05, 4.69) is 22.6 Å². The maximum Gasteiger partial charge on any atom is 0.263 e. The Morgan fingerprint density at radius 3 is 2.72 bits per heavy atom. The van der Waals surface area contributed by atoms with E-state index < -0.39 is 16.1 Å². The second-order valence-electron chi connectivity index (χ2n) is 10.4. The third-order valence-electron chi connectivity index (χ3n) is 8.00. The molecule has 0 aliphatic heterocycles. The zero-order chi connectivity index (χ0) is 26.4. The summed E-state index contributed by atoms with van der Waals surface area (Å²) < 4.78 is 28.4. The number of nitrogens with one attached hydrogen (secondary N) is 1. The highest BCUT2D eigenvalue weighted by atomic mass is 35.5. The number of anilines is 1. The first-order valence-corrected chi connectivity index (χ1v) is 14.7. The molecule has 7 nitrogen and oxygen atoms in total. The lowest BCUT2D eigenvalue weighted by molar-refractivity contribution is -0.142. The Labute approximate surface area is 222 Å². The second kappa shape index (κ2) is 9.97. The van der Waals surface area contributed by atoms with Gasteiger partial charge in [-0.3, -0.25) is 9.52 Å². The van der Waals surface area contributed by atoms with E-state index in [1.807, 2.05) is 13.8 Å². The van der Waals surface area contributed by atoms with Gasteiger partial charge in [0.15, 0.2) is 5.13 Å². The number of rotatable bonds is 6. The minimum Gasteiger partial charge on any atom is -0.392 e. The van der Waals surface area contributed by atoms with E-state index in [1.165, 1.54) is 40.5 Å². The molecule has 1 saturated carbocycles. The lowest BCUT2D eigenvalue weighted by Crippen LogP contribution is -2.53. The molecule has 2 N–H and O–H groups in total. The maximum absolute atomic E-state index is 12.9. The summed E-state index contributed by atoms with van der Waals surface area (Å²) in [4.78, 5) is 20.3. The number of hydrogen-bond donors (Lipinski definition) is 2. The lowest BCUT2D eigenvalue weighted by Gasteiger charge is -2.53. The third kappa shape index (κ3) is 4.89. The highest BCUT2D eigenvalue weighted by molar-refractivity contribution is 7.93. The van der Waals surface area contributed by atoms with Gasteiger partial charge >= 0.3 is 0 Å². The number of sulfonamides is 1. The van der Waals surface area contributed by atoms with Crippen LogP contribution >= 0.6 is 22.9 Å². The molecule has 2 aliphatic rings. The summed E-state index contributed by atoms with van der Waals surface area (Å²) in [5, 5.41) is 12.3. The van der Waals surface area contributed by atoms with E-state index in [0.717, 1.165) is 23.4 Å². The monoisotopic (exact) mass is 549 g/mol. The fourth-order valence-electron chi connectivity index (χ4n) is 6.12. The van der Waals surface area contributed by atoms with Gasteiger partial charge in [-0.15, -0.1) is 17.8 Å². The summed E-state index contributed by atoms with van der Waals surface area (Å²) in [6.45, 7) is 6.34. The second-order valence-corrected chi connectivity index (χ2v) is 13.6. The van der Waals surface area contributed by atoms with Gasteiger partial charge in [0, 0.05) is 28.8 Å². The summed E-state index contributed by atoms with van der Waals surface area (Å²) >= 11 is 7.25. The molecule has 0 spiro atoms. The van der Waals surface area contributed by atoms with Gasteiger partial charge in [-0.05, 0) is 60.8 Å². The number of aliphatic hydroxyl groups is 1. The molecule has 194 valence electrons. The molecule has 4 rings (SSSR count). The zero-order valence-electron chi connectivity index (χ0n) is 20.9. The van der Waals surface area contributed by atoms with Crippen molar-refractivity contribution < 1.29 is 18.3 Å². The first-order valence-electron chi connectivity index (χ1n) is 12.0. The van der Waals surface area contributed by atoms with E-state index in [9.17, 15) is 18.3 Å². The molecule has 1 fully saturated rings. The number of carbonyl (C=O) groups excluding carboxylic acids is 1. The normalized spacial score (nSPS) is 28.4. The van der Waals surface area contributed by atoms with Gasteiger partial charge in [0.25, 0.3) is 10.0 Å². The number of thiazole rings is 1. The standard InChI is InChI=1S/C26H32ClN3O4S2/c1-6-13-30(5)24(32)15(2)19-11-12-26(4)14-20-22(16(3)21(26)23(19)31)28-25(35-20)29-36(33,34)18-9-7-17(27)8-10-18/h1,7-10,15-16,19,21,23,31H,11-14H2,2-5H3,(H,28,29)/t15-,16-,19-,21+,23-,26-/m0/s1. The fraction of sp³-hybridized carbons (Fsp3) is 0.538. The van der Waals surface area contributed by atoms with Crippen molar-refractivity contribution in [1.29, 1.82) is 0 Å². The maximum atomic E-state index is 12.9. The Morgan fingerprint density at radius 2 is 2.08 bits per heavy atom. The number of benzene rings is 1. The topological polar surface area (TPSA) is 99.6 Å². The largest absolute Gasteiger partial charge is 0.392 e. The number of halogens is 1. The van der Waals surface area contributed by atoms with Crippen molar-refractivity contribution in [3.05, 3.63) is 39.9 Å². The number of hydrogen-bond acceptors (Lipinski definition) is 6. The van der Waals surface area contributed by atoms with Crippen LogP contribution in [0.3, 0.4) is 0 Å². The number of amides is 1. The molecular formula is C26H32ClN3O4S2. The Morgan fingerprint density at radius 1 is 1.42 bits per heavy atom. The molecule has 2 aliphatic carbocycles. The van der Waals surface area contributed by atoms with Crippen molar-refractivity contribution in [3.8, 4) is 12.3 Å². The van der Waals surface area contributed by atoms with Crippen molar-refractivity contribution in [2.24, 2.45) is 23.2 Å². The number of fused-ring (bicyclic) bond motifs is 2. The number of aliphatic hydroxyl groups excluding tert-OH is 1. The van der Waals surface area contributed by atoms with E-state index in [0.29, 0.717) is 16.6 Å².